The van der Waals surface area contributed by atoms with Gasteiger partial charge in [-0.25, -0.2) is 0 Å². The molecule has 1 fully saturated rings. The third-order valence-electron chi connectivity index (χ3n) is 2.41. The number of rotatable bonds is 5. The van der Waals surface area contributed by atoms with Gasteiger partial charge in [-0.05, 0) is 32.6 Å². The highest BCUT2D eigenvalue weighted by atomic mass is 16.5. The highest BCUT2D eigenvalue weighted by Crippen LogP contribution is 2.18. The summed E-state index contributed by atoms with van der Waals surface area (Å²) in [5.74, 6) is -0.00714. The summed E-state index contributed by atoms with van der Waals surface area (Å²) in [6.07, 6.45) is 3.32. The van der Waals surface area contributed by atoms with E-state index in [0.29, 0.717) is 6.54 Å². The van der Waals surface area contributed by atoms with Crippen LogP contribution < -0.4 is 5.32 Å². The van der Waals surface area contributed by atoms with Crippen molar-refractivity contribution in [1.29, 1.82) is 0 Å². The van der Waals surface area contributed by atoms with Crippen LogP contribution in [0.25, 0.3) is 0 Å². The zero-order valence-electron chi connectivity index (χ0n) is 8.66. The van der Waals surface area contributed by atoms with Crippen LogP contribution in [0.5, 0.6) is 0 Å². The van der Waals surface area contributed by atoms with Crippen molar-refractivity contribution < 1.29 is 14.6 Å². The van der Waals surface area contributed by atoms with Crippen LogP contribution in [0.4, 0.5) is 0 Å². The van der Waals surface area contributed by atoms with Crippen molar-refractivity contribution in [3.05, 3.63) is 0 Å². The average Bonchev–Trinajstić information content (AvgIpc) is 2.59. The predicted molar refractivity (Wildman–Crippen MR) is 52.9 cm³/mol. The Bertz CT molecular complexity index is 184. The van der Waals surface area contributed by atoms with Crippen LogP contribution in [0.15, 0.2) is 0 Å². The zero-order chi connectivity index (χ0) is 10.4. The monoisotopic (exact) mass is 201 g/mol. The molecule has 2 N–H and O–H groups in total. The summed E-state index contributed by atoms with van der Waals surface area (Å²) in [6.45, 7) is 2.81. The van der Waals surface area contributed by atoms with Gasteiger partial charge in [0, 0.05) is 13.2 Å². The van der Waals surface area contributed by atoms with Gasteiger partial charge in [-0.3, -0.25) is 4.79 Å². The second-order valence-electron chi connectivity index (χ2n) is 3.73. The second kappa shape index (κ2) is 5.98. The number of carbonyl (C=O) groups excluding carboxylic acids is 1. The molecule has 2 atom stereocenters. The van der Waals surface area contributed by atoms with E-state index in [2.05, 4.69) is 5.32 Å². The van der Waals surface area contributed by atoms with Gasteiger partial charge in [-0.1, -0.05) is 0 Å². The number of unbranched alkanes of at least 4 members (excludes halogenated alkanes) is 1. The molecule has 0 aromatic rings. The molecule has 0 bridgehead atoms. The highest BCUT2D eigenvalue weighted by molar-refractivity contribution is 5.80. The molecule has 14 heavy (non-hydrogen) atoms. The van der Waals surface area contributed by atoms with E-state index < -0.39 is 0 Å². The number of carbonyl (C=O) groups is 1. The van der Waals surface area contributed by atoms with Crippen LogP contribution in [-0.2, 0) is 9.53 Å². The summed E-state index contributed by atoms with van der Waals surface area (Å²) >= 11 is 0. The SMILES string of the molecule is CC1CCC(C(=O)NCCCCO)O1. The average molecular weight is 201 g/mol. The van der Waals surface area contributed by atoms with Crippen molar-refractivity contribution in [2.45, 2.75) is 44.8 Å². The van der Waals surface area contributed by atoms with E-state index >= 15 is 0 Å². The van der Waals surface area contributed by atoms with E-state index in [4.69, 9.17) is 9.84 Å². The van der Waals surface area contributed by atoms with Crippen LogP contribution in [0.2, 0.25) is 0 Å². The van der Waals surface area contributed by atoms with E-state index in [9.17, 15) is 4.79 Å². The Morgan fingerprint density at radius 1 is 1.50 bits per heavy atom. The second-order valence-corrected chi connectivity index (χ2v) is 3.73. The Kier molecular flexibility index (Phi) is 4.90. The highest BCUT2D eigenvalue weighted by Gasteiger charge is 2.27. The number of aliphatic hydroxyl groups is 1. The molecule has 1 saturated heterocycles. The summed E-state index contributed by atoms with van der Waals surface area (Å²) in [4.78, 5) is 11.5. The molecule has 82 valence electrons. The van der Waals surface area contributed by atoms with Gasteiger partial charge in [-0.2, -0.15) is 0 Å². The largest absolute Gasteiger partial charge is 0.396 e. The minimum absolute atomic E-state index is 0.00714. The molecular formula is C10H19NO3. The first-order valence-corrected chi connectivity index (χ1v) is 5.28. The third-order valence-corrected chi connectivity index (χ3v) is 2.41. The van der Waals surface area contributed by atoms with Crippen LogP contribution in [0.3, 0.4) is 0 Å². The molecule has 0 aromatic carbocycles. The standard InChI is InChI=1S/C10H19NO3/c1-8-4-5-9(14-8)10(13)11-6-2-3-7-12/h8-9,12H,2-7H2,1H3,(H,11,13). The smallest absolute Gasteiger partial charge is 0.249 e. The maximum absolute atomic E-state index is 11.5. The molecule has 4 heteroatoms. The molecule has 1 heterocycles. The number of amides is 1. The predicted octanol–water partition coefficient (Wildman–Crippen LogP) is 0.443. The number of hydrogen-bond donors (Lipinski definition) is 2. The minimum atomic E-state index is -0.251. The van der Waals surface area contributed by atoms with Crippen LogP contribution in [0.1, 0.15) is 32.6 Å². The third kappa shape index (κ3) is 3.64. The van der Waals surface area contributed by atoms with Gasteiger partial charge in [0.05, 0.1) is 6.10 Å². The van der Waals surface area contributed by atoms with E-state index in [1.54, 1.807) is 0 Å². The number of ether oxygens (including phenoxy) is 1. The maximum atomic E-state index is 11.5. The molecule has 1 rings (SSSR count). The van der Waals surface area contributed by atoms with Crippen molar-refractivity contribution in [2.75, 3.05) is 13.2 Å². The van der Waals surface area contributed by atoms with Gasteiger partial charge in [0.1, 0.15) is 6.10 Å². The van der Waals surface area contributed by atoms with Gasteiger partial charge in [0.25, 0.3) is 0 Å². The molecule has 1 aliphatic rings. The fourth-order valence-electron chi connectivity index (χ4n) is 1.56. The molecule has 0 aliphatic carbocycles. The first-order valence-electron chi connectivity index (χ1n) is 5.28. The molecule has 0 spiro atoms. The maximum Gasteiger partial charge on any atom is 0.249 e. The summed E-state index contributed by atoms with van der Waals surface area (Å²) in [6, 6.07) is 0. The Labute approximate surface area is 84.6 Å². The fraction of sp³-hybridized carbons (Fsp3) is 0.900. The first-order chi connectivity index (χ1) is 6.74. The van der Waals surface area contributed by atoms with Gasteiger partial charge < -0.3 is 15.2 Å². The Morgan fingerprint density at radius 3 is 2.86 bits per heavy atom. The lowest BCUT2D eigenvalue weighted by Gasteiger charge is -2.11. The Balaban J connectivity index is 2.09. The summed E-state index contributed by atoms with van der Waals surface area (Å²) < 4.78 is 5.42. The summed E-state index contributed by atoms with van der Waals surface area (Å²) in [5, 5.41) is 11.3. The molecule has 0 saturated carbocycles. The van der Waals surface area contributed by atoms with Gasteiger partial charge >= 0.3 is 0 Å². The van der Waals surface area contributed by atoms with E-state index in [1.165, 1.54) is 0 Å². The molecular weight excluding hydrogens is 182 g/mol. The molecule has 1 aliphatic heterocycles. The quantitative estimate of drug-likeness (QED) is 0.635. The van der Waals surface area contributed by atoms with Crippen LogP contribution in [0, 0.1) is 0 Å². The van der Waals surface area contributed by atoms with E-state index in [1.807, 2.05) is 6.92 Å². The van der Waals surface area contributed by atoms with Gasteiger partial charge in [0.15, 0.2) is 0 Å². The Morgan fingerprint density at radius 2 is 2.29 bits per heavy atom. The lowest BCUT2D eigenvalue weighted by atomic mass is 10.2. The summed E-state index contributed by atoms with van der Waals surface area (Å²) in [7, 11) is 0. The first kappa shape index (κ1) is 11.5. The summed E-state index contributed by atoms with van der Waals surface area (Å²) in [5.41, 5.74) is 0. The molecule has 1 amide bonds. The molecule has 4 nitrogen and oxygen atoms in total. The van der Waals surface area contributed by atoms with Gasteiger partial charge in [-0.15, -0.1) is 0 Å². The van der Waals surface area contributed by atoms with Crippen molar-refractivity contribution in [2.24, 2.45) is 0 Å². The molecule has 2 unspecified atom stereocenters. The normalized spacial score (nSPS) is 26.4. The van der Waals surface area contributed by atoms with Crippen molar-refractivity contribution >= 4 is 5.91 Å². The molecule has 0 radical (unpaired) electrons. The van der Waals surface area contributed by atoms with E-state index in [0.717, 1.165) is 25.7 Å². The van der Waals surface area contributed by atoms with Crippen molar-refractivity contribution in [3.63, 3.8) is 0 Å². The number of aliphatic hydroxyl groups excluding tert-OH is 1. The van der Waals surface area contributed by atoms with Crippen molar-refractivity contribution in [1.82, 2.24) is 5.32 Å². The lowest BCUT2D eigenvalue weighted by Crippen LogP contribution is -2.35. The minimum Gasteiger partial charge on any atom is -0.396 e. The topological polar surface area (TPSA) is 58.6 Å². The van der Waals surface area contributed by atoms with E-state index in [-0.39, 0.29) is 24.7 Å². The lowest BCUT2D eigenvalue weighted by molar-refractivity contribution is -0.131. The molecule has 0 aromatic heterocycles. The fourth-order valence-corrected chi connectivity index (χ4v) is 1.56. The number of nitrogens with one attached hydrogen (secondary N) is 1. The number of hydrogen-bond acceptors (Lipinski definition) is 3. The zero-order valence-corrected chi connectivity index (χ0v) is 8.66. The van der Waals surface area contributed by atoms with Crippen LogP contribution >= 0.6 is 0 Å². The van der Waals surface area contributed by atoms with Crippen LogP contribution in [-0.4, -0.2) is 36.4 Å². The van der Waals surface area contributed by atoms with Gasteiger partial charge in [0.2, 0.25) is 5.91 Å². The Hall–Kier alpha value is -0.610. The van der Waals surface area contributed by atoms with Crippen molar-refractivity contribution in [3.8, 4) is 0 Å².